The van der Waals surface area contributed by atoms with Gasteiger partial charge in [0.15, 0.2) is 6.61 Å². The summed E-state index contributed by atoms with van der Waals surface area (Å²) in [7, 11) is 0. The van der Waals surface area contributed by atoms with Crippen LogP contribution < -0.4 is 5.32 Å². The topological polar surface area (TPSA) is 68.3 Å². The van der Waals surface area contributed by atoms with Gasteiger partial charge in [-0.15, -0.1) is 0 Å². The van der Waals surface area contributed by atoms with E-state index in [0.29, 0.717) is 11.5 Å². The van der Waals surface area contributed by atoms with Crippen LogP contribution in [0.4, 0.5) is 0 Å². The molecule has 1 heterocycles. The summed E-state index contributed by atoms with van der Waals surface area (Å²) in [6.45, 7) is 1.96. The molecule has 1 aromatic carbocycles. The Labute approximate surface area is 146 Å². The second-order valence-electron chi connectivity index (χ2n) is 7.20. The summed E-state index contributed by atoms with van der Waals surface area (Å²) in [5.41, 5.74) is 3.38. The zero-order valence-corrected chi connectivity index (χ0v) is 14.4. The highest BCUT2D eigenvalue weighted by Crippen LogP contribution is 2.32. The maximum atomic E-state index is 12.8. The maximum absolute atomic E-state index is 12.8. The van der Waals surface area contributed by atoms with Crippen LogP contribution >= 0.6 is 0 Å². The lowest BCUT2D eigenvalue weighted by Gasteiger charge is -2.24. The molecule has 1 amide bonds. The molecule has 0 bridgehead atoms. The van der Waals surface area contributed by atoms with Crippen LogP contribution in [0.1, 0.15) is 47.8 Å². The molecule has 1 atom stereocenters. The summed E-state index contributed by atoms with van der Waals surface area (Å²) in [5.74, 6) is -0.133. The van der Waals surface area contributed by atoms with Gasteiger partial charge in [-0.05, 0) is 49.7 Å². The van der Waals surface area contributed by atoms with Gasteiger partial charge in [-0.2, -0.15) is 0 Å². The number of fused-ring (bicyclic) bond motifs is 2. The average molecular weight is 338 g/mol. The van der Waals surface area contributed by atoms with Gasteiger partial charge >= 0.3 is 5.97 Å². The average Bonchev–Trinajstić information content (AvgIpc) is 3.41. The molecule has 5 heteroatoms. The van der Waals surface area contributed by atoms with Crippen LogP contribution in [0.5, 0.6) is 0 Å². The van der Waals surface area contributed by atoms with E-state index < -0.39 is 5.97 Å². The highest BCUT2D eigenvalue weighted by Gasteiger charge is 2.27. The van der Waals surface area contributed by atoms with Gasteiger partial charge in [-0.25, -0.2) is 4.79 Å². The van der Waals surface area contributed by atoms with Crippen molar-refractivity contribution in [1.82, 2.24) is 10.3 Å². The first-order chi connectivity index (χ1) is 12.1. The minimum absolute atomic E-state index is 0.226. The number of hydrogen-bond donors (Lipinski definition) is 1. The van der Waals surface area contributed by atoms with E-state index in [1.807, 2.05) is 24.3 Å². The van der Waals surface area contributed by atoms with Crippen LogP contribution in [0.25, 0.3) is 10.9 Å². The van der Waals surface area contributed by atoms with Crippen LogP contribution in [-0.2, 0) is 22.4 Å². The fraction of sp³-hybridized carbons (Fsp3) is 0.450. The maximum Gasteiger partial charge on any atom is 0.339 e. The number of rotatable bonds is 4. The molecule has 5 nitrogen and oxygen atoms in total. The van der Waals surface area contributed by atoms with Crippen molar-refractivity contribution in [3.8, 4) is 0 Å². The van der Waals surface area contributed by atoms with Crippen LogP contribution in [0.15, 0.2) is 24.3 Å². The number of aromatic nitrogens is 1. The number of ether oxygens (including phenoxy) is 1. The molecule has 1 N–H and O–H groups in total. The highest BCUT2D eigenvalue weighted by molar-refractivity contribution is 6.05. The molecule has 2 aromatic rings. The van der Waals surface area contributed by atoms with Crippen molar-refractivity contribution in [3.05, 3.63) is 41.1 Å². The third-order valence-electron chi connectivity index (χ3n) is 4.99. The molecular weight excluding hydrogens is 316 g/mol. The first-order valence-corrected chi connectivity index (χ1v) is 8.99. The molecule has 2 aliphatic rings. The number of nitrogens with zero attached hydrogens (tertiary/aromatic N) is 1. The standard InChI is InChI=1S/C20H22N2O3/c1-12-6-9-17-15(10-12)19(14-4-2-3-5-16(14)22-17)20(24)25-11-18(23)21-13-7-8-13/h2-5,12-13H,6-11H2,1H3,(H,21,23). The molecule has 4 rings (SSSR count). The number of hydrogen-bond acceptors (Lipinski definition) is 4. The smallest absolute Gasteiger partial charge is 0.339 e. The number of carbonyl (C=O) groups excluding carboxylic acids is 2. The number of nitrogens with one attached hydrogen (secondary N) is 1. The Balaban J connectivity index is 1.65. The normalized spacial score (nSPS) is 19.3. The number of esters is 1. The molecule has 0 radical (unpaired) electrons. The van der Waals surface area contributed by atoms with Crippen LogP contribution in [0.3, 0.4) is 0 Å². The summed E-state index contributed by atoms with van der Waals surface area (Å²) < 4.78 is 5.35. The van der Waals surface area contributed by atoms with Gasteiger partial charge in [0.1, 0.15) is 0 Å². The molecular formula is C20H22N2O3. The second kappa shape index (κ2) is 6.47. The Morgan fingerprint density at radius 3 is 2.84 bits per heavy atom. The Kier molecular flexibility index (Phi) is 4.15. The molecule has 1 saturated carbocycles. The quantitative estimate of drug-likeness (QED) is 0.871. The number of carbonyl (C=O) groups is 2. The van der Waals surface area contributed by atoms with E-state index in [-0.39, 0.29) is 18.6 Å². The van der Waals surface area contributed by atoms with E-state index >= 15 is 0 Å². The minimum atomic E-state index is -0.421. The van der Waals surface area contributed by atoms with Crippen LogP contribution in [0.2, 0.25) is 0 Å². The van der Waals surface area contributed by atoms with Crippen LogP contribution in [-0.4, -0.2) is 29.5 Å². The minimum Gasteiger partial charge on any atom is -0.452 e. The SMILES string of the molecule is CC1CCc2nc3ccccc3c(C(=O)OCC(=O)NC3CC3)c2C1. The first-order valence-electron chi connectivity index (χ1n) is 8.99. The van der Waals surface area contributed by atoms with E-state index in [1.54, 1.807) is 0 Å². The van der Waals surface area contributed by atoms with E-state index in [2.05, 4.69) is 12.2 Å². The molecule has 130 valence electrons. The number of para-hydroxylation sites is 1. The zero-order valence-electron chi connectivity index (χ0n) is 14.4. The highest BCUT2D eigenvalue weighted by atomic mass is 16.5. The van der Waals surface area contributed by atoms with E-state index in [9.17, 15) is 9.59 Å². The Morgan fingerprint density at radius 1 is 1.24 bits per heavy atom. The summed E-state index contributed by atoms with van der Waals surface area (Å²) in [6, 6.07) is 7.92. The van der Waals surface area contributed by atoms with Crippen LogP contribution in [0, 0.1) is 5.92 Å². The number of pyridine rings is 1. The summed E-state index contributed by atoms with van der Waals surface area (Å²) in [6.07, 6.45) is 4.81. The third kappa shape index (κ3) is 3.36. The predicted octanol–water partition coefficient (Wildman–Crippen LogP) is 2.80. The molecule has 1 fully saturated rings. The van der Waals surface area contributed by atoms with Gasteiger partial charge in [0, 0.05) is 17.1 Å². The van der Waals surface area contributed by atoms with Crippen molar-refractivity contribution >= 4 is 22.8 Å². The lowest BCUT2D eigenvalue weighted by atomic mass is 9.84. The summed E-state index contributed by atoms with van der Waals surface area (Å²) >= 11 is 0. The van der Waals surface area contributed by atoms with Gasteiger partial charge in [-0.3, -0.25) is 9.78 Å². The van der Waals surface area contributed by atoms with Gasteiger partial charge in [0.2, 0.25) is 0 Å². The van der Waals surface area contributed by atoms with Gasteiger partial charge < -0.3 is 10.1 Å². The van der Waals surface area contributed by atoms with E-state index in [1.165, 1.54) is 0 Å². The number of amides is 1. The molecule has 0 spiro atoms. The zero-order chi connectivity index (χ0) is 17.4. The van der Waals surface area contributed by atoms with E-state index in [4.69, 9.17) is 9.72 Å². The molecule has 2 aliphatic carbocycles. The van der Waals surface area contributed by atoms with Crippen molar-refractivity contribution < 1.29 is 14.3 Å². The van der Waals surface area contributed by atoms with Crippen molar-refractivity contribution in [1.29, 1.82) is 0 Å². The van der Waals surface area contributed by atoms with Crippen molar-refractivity contribution in [2.24, 2.45) is 5.92 Å². The summed E-state index contributed by atoms with van der Waals surface area (Å²) in [5, 5.41) is 3.65. The van der Waals surface area contributed by atoms with Crippen molar-refractivity contribution in [2.75, 3.05) is 6.61 Å². The lowest BCUT2D eigenvalue weighted by Crippen LogP contribution is -2.30. The second-order valence-corrected chi connectivity index (χ2v) is 7.20. The molecule has 25 heavy (non-hydrogen) atoms. The van der Waals surface area contributed by atoms with Gasteiger partial charge in [0.05, 0.1) is 11.1 Å². The van der Waals surface area contributed by atoms with E-state index in [0.717, 1.165) is 54.3 Å². The Hall–Kier alpha value is -2.43. The summed E-state index contributed by atoms with van der Waals surface area (Å²) in [4.78, 5) is 29.4. The number of aryl methyl sites for hydroxylation is 1. The molecule has 1 unspecified atom stereocenters. The third-order valence-corrected chi connectivity index (χ3v) is 4.99. The van der Waals surface area contributed by atoms with Crippen molar-refractivity contribution in [3.63, 3.8) is 0 Å². The largest absolute Gasteiger partial charge is 0.452 e. The van der Waals surface area contributed by atoms with Gasteiger partial charge in [-0.1, -0.05) is 25.1 Å². The Bertz CT molecular complexity index is 842. The number of benzene rings is 1. The lowest BCUT2D eigenvalue weighted by molar-refractivity contribution is -0.124. The first kappa shape index (κ1) is 16.1. The fourth-order valence-corrected chi connectivity index (χ4v) is 3.50. The Morgan fingerprint density at radius 2 is 2.04 bits per heavy atom. The molecule has 0 saturated heterocycles. The monoisotopic (exact) mass is 338 g/mol. The van der Waals surface area contributed by atoms with Gasteiger partial charge in [0.25, 0.3) is 5.91 Å². The predicted molar refractivity (Wildman–Crippen MR) is 94.4 cm³/mol. The van der Waals surface area contributed by atoms with Crippen molar-refractivity contribution in [2.45, 2.75) is 45.1 Å². The molecule has 0 aliphatic heterocycles. The molecule has 1 aromatic heterocycles. The fourth-order valence-electron chi connectivity index (χ4n) is 3.50.